The standard InChI is InChI=1S/C13H14N2O2/c1-16-10-4-5-11(12(7-10)17-2)9-3-6-13(14)15-8-9/h3-8H,1-2H3,(H2,14,15). The highest BCUT2D eigenvalue weighted by Gasteiger charge is 2.07. The molecule has 2 rings (SSSR count). The molecule has 0 radical (unpaired) electrons. The number of rotatable bonds is 3. The smallest absolute Gasteiger partial charge is 0.130 e. The summed E-state index contributed by atoms with van der Waals surface area (Å²) in [4.78, 5) is 4.06. The molecule has 88 valence electrons. The largest absolute Gasteiger partial charge is 0.497 e. The maximum atomic E-state index is 5.56. The summed E-state index contributed by atoms with van der Waals surface area (Å²) in [6.45, 7) is 0. The molecule has 1 heterocycles. The summed E-state index contributed by atoms with van der Waals surface area (Å²) in [6.07, 6.45) is 1.72. The number of nitrogen functional groups attached to an aromatic ring is 1. The van der Waals surface area contributed by atoms with Crippen molar-refractivity contribution in [1.82, 2.24) is 4.98 Å². The number of nitrogens with two attached hydrogens (primary N) is 1. The van der Waals surface area contributed by atoms with Crippen LogP contribution in [0.25, 0.3) is 11.1 Å². The number of hydrogen-bond donors (Lipinski definition) is 1. The van der Waals surface area contributed by atoms with Crippen molar-refractivity contribution >= 4 is 5.82 Å². The van der Waals surface area contributed by atoms with Crippen LogP contribution in [0.5, 0.6) is 11.5 Å². The van der Waals surface area contributed by atoms with Gasteiger partial charge in [0.25, 0.3) is 0 Å². The number of benzene rings is 1. The van der Waals surface area contributed by atoms with Gasteiger partial charge in [0.05, 0.1) is 14.2 Å². The maximum absolute atomic E-state index is 5.56. The van der Waals surface area contributed by atoms with Gasteiger partial charge in [0.1, 0.15) is 17.3 Å². The lowest BCUT2D eigenvalue weighted by Crippen LogP contribution is -1.92. The van der Waals surface area contributed by atoms with E-state index in [0.29, 0.717) is 5.82 Å². The fourth-order valence-corrected chi connectivity index (χ4v) is 1.60. The number of anilines is 1. The minimum atomic E-state index is 0.501. The van der Waals surface area contributed by atoms with Gasteiger partial charge in [-0.3, -0.25) is 0 Å². The van der Waals surface area contributed by atoms with Crippen molar-refractivity contribution in [2.75, 3.05) is 20.0 Å². The molecule has 2 aromatic rings. The Balaban J connectivity index is 2.47. The molecule has 0 atom stereocenters. The summed E-state index contributed by atoms with van der Waals surface area (Å²) < 4.78 is 10.5. The van der Waals surface area contributed by atoms with Crippen molar-refractivity contribution in [2.45, 2.75) is 0 Å². The van der Waals surface area contributed by atoms with E-state index in [1.807, 2.05) is 24.3 Å². The molecule has 0 fully saturated rings. The minimum absolute atomic E-state index is 0.501. The Morgan fingerprint density at radius 2 is 1.88 bits per heavy atom. The molecule has 4 heteroatoms. The van der Waals surface area contributed by atoms with Crippen molar-refractivity contribution in [3.63, 3.8) is 0 Å². The molecule has 1 aromatic heterocycles. The second kappa shape index (κ2) is 4.74. The van der Waals surface area contributed by atoms with Crippen LogP contribution in [0, 0.1) is 0 Å². The summed E-state index contributed by atoms with van der Waals surface area (Å²) in [7, 11) is 3.25. The Kier molecular flexibility index (Phi) is 3.14. The number of aromatic nitrogens is 1. The average molecular weight is 230 g/mol. The van der Waals surface area contributed by atoms with E-state index in [1.165, 1.54) is 0 Å². The highest BCUT2D eigenvalue weighted by atomic mass is 16.5. The van der Waals surface area contributed by atoms with Crippen LogP contribution in [0.2, 0.25) is 0 Å². The third-order valence-corrected chi connectivity index (χ3v) is 2.51. The second-order valence-corrected chi connectivity index (χ2v) is 3.54. The van der Waals surface area contributed by atoms with Gasteiger partial charge in [-0.1, -0.05) is 0 Å². The summed E-state index contributed by atoms with van der Waals surface area (Å²) in [5, 5.41) is 0. The Morgan fingerprint density at radius 3 is 2.47 bits per heavy atom. The van der Waals surface area contributed by atoms with Gasteiger partial charge < -0.3 is 15.2 Å². The quantitative estimate of drug-likeness (QED) is 0.879. The fourth-order valence-electron chi connectivity index (χ4n) is 1.60. The van der Waals surface area contributed by atoms with E-state index < -0.39 is 0 Å². The fraction of sp³-hybridized carbons (Fsp3) is 0.154. The zero-order chi connectivity index (χ0) is 12.3. The molecule has 0 aliphatic rings. The minimum Gasteiger partial charge on any atom is -0.497 e. The summed E-state index contributed by atoms with van der Waals surface area (Å²) in [5.41, 5.74) is 7.47. The lowest BCUT2D eigenvalue weighted by Gasteiger charge is -2.10. The van der Waals surface area contributed by atoms with Gasteiger partial charge in [-0.2, -0.15) is 0 Å². The van der Waals surface area contributed by atoms with Crippen molar-refractivity contribution in [3.8, 4) is 22.6 Å². The monoisotopic (exact) mass is 230 g/mol. The third-order valence-electron chi connectivity index (χ3n) is 2.51. The number of pyridine rings is 1. The second-order valence-electron chi connectivity index (χ2n) is 3.54. The molecule has 4 nitrogen and oxygen atoms in total. The molecule has 0 bridgehead atoms. The van der Waals surface area contributed by atoms with Crippen LogP contribution in [0.3, 0.4) is 0 Å². The predicted molar refractivity (Wildman–Crippen MR) is 67.2 cm³/mol. The molecule has 0 aliphatic heterocycles. The first-order valence-corrected chi connectivity index (χ1v) is 5.18. The molecule has 2 N–H and O–H groups in total. The molecule has 1 aromatic carbocycles. The summed E-state index contributed by atoms with van der Waals surface area (Å²) in [6, 6.07) is 9.33. The molecule has 0 aliphatic carbocycles. The van der Waals surface area contributed by atoms with Crippen LogP contribution in [-0.2, 0) is 0 Å². The van der Waals surface area contributed by atoms with Crippen molar-refractivity contribution in [2.24, 2.45) is 0 Å². The van der Waals surface area contributed by atoms with E-state index in [4.69, 9.17) is 15.2 Å². The molecule has 0 spiro atoms. The zero-order valence-corrected chi connectivity index (χ0v) is 9.81. The van der Waals surface area contributed by atoms with E-state index in [1.54, 1.807) is 26.5 Å². The first-order valence-electron chi connectivity index (χ1n) is 5.18. The lowest BCUT2D eigenvalue weighted by atomic mass is 10.1. The van der Waals surface area contributed by atoms with Gasteiger partial charge in [0, 0.05) is 23.4 Å². The Hall–Kier alpha value is -2.23. The molecule has 0 saturated carbocycles. The SMILES string of the molecule is COc1ccc(-c2ccc(N)nc2)c(OC)c1. The number of methoxy groups -OCH3 is 2. The van der Waals surface area contributed by atoms with Crippen molar-refractivity contribution in [1.29, 1.82) is 0 Å². The Morgan fingerprint density at radius 1 is 1.06 bits per heavy atom. The predicted octanol–water partition coefficient (Wildman–Crippen LogP) is 2.35. The zero-order valence-electron chi connectivity index (χ0n) is 9.81. The molecule has 17 heavy (non-hydrogen) atoms. The summed E-state index contributed by atoms with van der Waals surface area (Å²) >= 11 is 0. The van der Waals surface area contributed by atoms with E-state index in [0.717, 1.165) is 22.6 Å². The Labute approximate surface area is 100 Å². The van der Waals surface area contributed by atoms with Gasteiger partial charge in [-0.25, -0.2) is 4.98 Å². The highest BCUT2D eigenvalue weighted by molar-refractivity contribution is 5.71. The normalized spacial score (nSPS) is 10.0. The van der Waals surface area contributed by atoms with Crippen LogP contribution in [0.4, 0.5) is 5.82 Å². The molecule has 0 amide bonds. The van der Waals surface area contributed by atoms with E-state index >= 15 is 0 Å². The van der Waals surface area contributed by atoms with Crippen LogP contribution in [-0.4, -0.2) is 19.2 Å². The molecular weight excluding hydrogens is 216 g/mol. The molecular formula is C13H14N2O2. The van der Waals surface area contributed by atoms with Crippen LogP contribution in [0.15, 0.2) is 36.5 Å². The first kappa shape index (κ1) is 11.3. The maximum Gasteiger partial charge on any atom is 0.130 e. The highest BCUT2D eigenvalue weighted by Crippen LogP contribution is 2.32. The van der Waals surface area contributed by atoms with E-state index in [-0.39, 0.29) is 0 Å². The lowest BCUT2D eigenvalue weighted by molar-refractivity contribution is 0.395. The third kappa shape index (κ3) is 2.30. The van der Waals surface area contributed by atoms with Gasteiger partial charge in [0.15, 0.2) is 0 Å². The Bertz CT molecular complexity index is 509. The first-order chi connectivity index (χ1) is 8.24. The van der Waals surface area contributed by atoms with E-state index in [9.17, 15) is 0 Å². The topological polar surface area (TPSA) is 57.4 Å². The van der Waals surface area contributed by atoms with Crippen molar-refractivity contribution in [3.05, 3.63) is 36.5 Å². The van der Waals surface area contributed by atoms with Crippen LogP contribution in [0.1, 0.15) is 0 Å². The van der Waals surface area contributed by atoms with Gasteiger partial charge in [-0.15, -0.1) is 0 Å². The van der Waals surface area contributed by atoms with Gasteiger partial charge in [0.2, 0.25) is 0 Å². The van der Waals surface area contributed by atoms with Gasteiger partial charge in [-0.05, 0) is 24.3 Å². The van der Waals surface area contributed by atoms with Crippen molar-refractivity contribution < 1.29 is 9.47 Å². The number of hydrogen-bond acceptors (Lipinski definition) is 4. The van der Waals surface area contributed by atoms with Gasteiger partial charge >= 0.3 is 0 Å². The van der Waals surface area contributed by atoms with Crippen LogP contribution >= 0.6 is 0 Å². The number of ether oxygens (including phenoxy) is 2. The average Bonchev–Trinajstić information content (AvgIpc) is 2.39. The van der Waals surface area contributed by atoms with Crippen LogP contribution < -0.4 is 15.2 Å². The number of nitrogens with zero attached hydrogens (tertiary/aromatic N) is 1. The summed E-state index contributed by atoms with van der Waals surface area (Å²) in [5.74, 6) is 2.01. The molecule has 0 saturated heterocycles. The van der Waals surface area contributed by atoms with E-state index in [2.05, 4.69) is 4.98 Å². The molecule has 0 unspecified atom stereocenters.